The second kappa shape index (κ2) is 8.67. The Morgan fingerprint density at radius 3 is 2.37 bits per heavy atom. The lowest BCUT2D eigenvalue weighted by Crippen LogP contribution is -2.54. The fourth-order valence-corrected chi connectivity index (χ4v) is 9.40. The Hall–Kier alpha value is -0.120. The number of hydrogen-bond acceptors (Lipinski definition) is 3. The summed E-state index contributed by atoms with van der Waals surface area (Å²) in [7, 11) is 0. The minimum Gasteiger partial charge on any atom is -0.393 e. The highest BCUT2D eigenvalue weighted by Crippen LogP contribution is 2.68. The van der Waals surface area contributed by atoms with Crippen LogP contribution in [0.5, 0.6) is 0 Å². The van der Waals surface area contributed by atoms with Gasteiger partial charge in [0, 0.05) is 0 Å². The highest BCUT2D eigenvalue weighted by molar-refractivity contribution is 5.11. The molecule has 0 bridgehead atoms. The van der Waals surface area contributed by atoms with Gasteiger partial charge in [0.1, 0.15) is 0 Å². The third kappa shape index (κ3) is 3.79. The maximum Gasteiger partial charge on any atom is 0.0579 e. The minimum atomic E-state index is -0.112. The van der Waals surface area contributed by atoms with Crippen LogP contribution in [0.4, 0.5) is 0 Å². The van der Waals surface area contributed by atoms with Crippen molar-refractivity contribution in [2.24, 2.45) is 58.0 Å². The first-order valence-corrected chi connectivity index (χ1v) is 13.3. The first-order chi connectivity index (χ1) is 14.2. The van der Waals surface area contributed by atoms with Crippen molar-refractivity contribution in [2.45, 2.75) is 111 Å². The molecular weight excluding hydrogens is 370 g/mol. The maximum absolute atomic E-state index is 11.3. The third-order valence-electron chi connectivity index (χ3n) is 11.1. The van der Waals surface area contributed by atoms with E-state index in [0.29, 0.717) is 34.5 Å². The van der Waals surface area contributed by atoms with Gasteiger partial charge in [-0.25, -0.2) is 0 Å². The summed E-state index contributed by atoms with van der Waals surface area (Å²) in [6.45, 7) is 10.6. The van der Waals surface area contributed by atoms with E-state index in [1.807, 2.05) is 0 Å². The molecule has 3 nitrogen and oxygen atoms in total. The van der Waals surface area contributed by atoms with Crippen molar-refractivity contribution in [3.8, 4) is 0 Å². The van der Waals surface area contributed by atoms with E-state index in [0.717, 1.165) is 43.6 Å². The summed E-state index contributed by atoms with van der Waals surface area (Å²) in [6.07, 6.45) is 13.1. The largest absolute Gasteiger partial charge is 0.393 e. The Kier molecular flexibility index (Phi) is 6.66. The van der Waals surface area contributed by atoms with Crippen LogP contribution in [0.3, 0.4) is 0 Å². The van der Waals surface area contributed by atoms with E-state index < -0.39 is 0 Å². The zero-order valence-electron chi connectivity index (χ0n) is 20.2. The molecule has 0 aromatic carbocycles. The van der Waals surface area contributed by atoms with Gasteiger partial charge in [-0.05, 0) is 117 Å². The molecule has 4 saturated carbocycles. The van der Waals surface area contributed by atoms with Crippen molar-refractivity contribution in [1.29, 1.82) is 0 Å². The van der Waals surface area contributed by atoms with Gasteiger partial charge in [-0.1, -0.05) is 40.5 Å². The van der Waals surface area contributed by atoms with E-state index in [9.17, 15) is 10.2 Å². The van der Waals surface area contributed by atoms with Gasteiger partial charge < -0.3 is 15.9 Å². The molecule has 4 rings (SSSR count). The molecule has 0 heterocycles. The summed E-state index contributed by atoms with van der Waals surface area (Å²) in [6, 6.07) is 0. The van der Waals surface area contributed by atoms with Crippen LogP contribution in [-0.4, -0.2) is 29.0 Å². The van der Waals surface area contributed by atoms with E-state index in [1.54, 1.807) is 0 Å². The van der Waals surface area contributed by atoms with Crippen LogP contribution in [0, 0.1) is 52.3 Å². The van der Waals surface area contributed by atoms with E-state index in [-0.39, 0.29) is 12.2 Å². The zero-order chi connectivity index (χ0) is 21.7. The molecule has 0 spiro atoms. The van der Waals surface area contributed by atoms with Crippen LogP contribution >= 0.6 is 0 Å². The quantitative estimate of drug-likeness (QED) is 0.541. The van der Waals surface area contributed by atoms with Crippen LogP contribution in [-0.2, 0) is 0 Å². The normalized spacial score (nSPS) is 50.3. The number of aliphatic hydroxyl groups excluding tert-OH is 2. The Labute approximate surface area is 185 Å². The van der Waals surface area contributed by atoms with Gasteiger partial charge in [-0.2, -0.15) is 0 Å². The second-order valence-corrected chi connectivity index (χ2v) is 12.7. The van der Waals surface area contributed by atoms with Gasteiger partial charge in [0.25, 0.3) is 0 Å². The molecule has 0 radical (unpaired) electrons. The van der Waals surface area contributed by atoms with Gasteiger partial charge in [-0.3, -0.25) is 0 Å². The van der Waals surface area contributed by atoms with Gasteiger partial charge in [0.15, 0.2) is 0 Å². The minimum absolute atomic E-state index is 0.0611. The van der Waals surface area contributed by atoms with Gasteiger partial charge in [-0.15, -0.1) is 0 Å². The summed E-state index contributed by atoms with van der Waals surface area (Å²) in [5.41, 5.74) is 6.56. The first kappa shape index (κ1) is 23.1. The van der Waals surface area contributed by atoms with Crippen LogP contribution < -0.4 is 5.73 Å². The molecule has 4 N–H and O–H groups in total. The molecule has 11 atom stereocenters. The van der Waals surface area contributed by atoms with E-state index >= 15 is 0 Å². The van der Waals surface area contributed by atoms with Gasteiger partial charge in [0.2, 0.25) is 0 Å². The monoisotopic (exact) mass is 419 g/mol. The van der Waals surface area contributed by atoms with Crippen molar-refractivity contribution in [1.82, 2.24) is 0 Å². The molecule has 2 unspecified atom stereocenters. The van der Waals surface area contributed by atoms with Gasteiger partial charge >= 0.3 is 0 Å². The van der Waals surface area contributed by atoms with Crippen LogP contribution in [0.2, 0.25) is 0 Å². The first-order valence-electron chi connectivity index (χ1n) is 13.3. The van der Waals surface area contributed by atoms with Crippen molar-refractivity contribution in [3.05, 3.63) is 0 Å². The molecule has 0 aromatic heterocycles. The molecule has 4 fully saturated rings. The standard InChI is InChI=1S/C27H49NO2/c1-17(16-28)6-5-7-18(2)25-24(30)15-23-21-9-8-19-14-20(29)10-12-26(19,3)22(21)11-13-27(23,25)4/h17-25,29-30H,5-16,28H2,1-4H3/t17-,18?,19-,20-,21+,22-,23-,24-,25?,26-,27-/m0/s1. The highest BCUT2D eigenvalue weighted by atomic mass is 16.3. The zero-order valence-corrected chi connectivity index (χ0v) is 20.2. The lowest BCUT2D eigenvalue weighted by molar-refractivity contribution is -0.130. The average Bonchev–Trinajstić information content (AvgIpc) is 2.98. The molecule has 174 valence electrons. The van der Waals surface area contributed by atoms with E-state index in [2.05, 4.69) is 27.7 Å². The second-order valence-electron chi connectivity index (χ2n) is 12.7. The summed E-state index contributed by atoms with van der Waals surface area (Å²) in [5, 5.41) is 21.5. The Bertz CT molecular complexity index is 595. The number of fused-ring (bicyclic) bond motifs is 5. The number of hydrogen-bond donors (Lipinski definition) is 3. The third-order valence-corrected chi connectivity index (χ3v) is 11.1. The Morgan fingerprint density at radius 2 is 1.63 bits per heavy atom. The lowest BCUT2D eigenvalue weighted by Gasteiger charge is -2.61. The van der Waals surface area contributed by atoms with Crippen molar-refractivity contribution in [3.63, 3.8) is 0 Å². The fraction of sp³-hybridized carbons (Fsp3) is 1.00. The highest BCUT2D eigenvalue weighted by Gasteiger charge is 2.62. The van der Waals surface area contributed by atoms with Crippen molar-refractivity contribution < 1.29 is 10.2 Å². The maximum atomic E-state index is 11.3. The SMILES string of the molecule is CC(CCC[C@H](C)CN)C1[C@@H](O)C[C@H]2[C@@H]3CC[C@H]4C[C@@H](O)CC[C@]4(C)[C@H]3CC[C@]12C. The molecule has 4 aliphatic carbocycles. The lowest BCUT2D eigenvalue weighted by atomic mass is 9.44. The summed E-state index contributed by atoms with van der Waals surface area (Å²) in [5.74, 6) is 4.72. The van der Waals surface area contributed by atoms with Crippen LogP contribution in [0.15, 0.2) is 0 Å². The molecule has 4 aliphatic rings. The molecule has 3 heteroatoms. The van der Waals surface area contributed by atoms with E-state index in [1.165, 1.54) is 51.4 Å². The van der Waals surface area contributed by atoms with E-state index in [4.69, 9.17) is 5.73 Å². The fourth-order valence-electron chi connectivity index (χ4n) is 9.40. The molecule has 0 saturated heterocycles. The van der Waals surface area contributed by atoms with Crippen LogP contribution in [0.25, 0.3) is 0 Å². The molecule has 0 amide bonds. The number of aliphatic hydroxyl groups is 2. The predicted molar refractivity (Wildman–Crippen MR) is 124 cm³/mol. The summed E-state index contributed by atoms with van der Waals surface area (Å²) in [4.78, 5) is 0. The molecule has 0 aliphatic heterocycles. The topological polar surface area (TPSA) is 66.5 Å². The van der Waals surface area contributed by atoms with Crippen LogP contribution in [0.1, 0.15) is 98.3 Å². The summed E-state index contributed by atoms with van der Waals surface area (Å²) >= 11 is 0. The van der Waals surface area contributed by atoms with Crippen molar-refractivity contribution in [2.75, 3.05) is 6.54 Å². The molecule has 0 aromatic rings. The van der Waals surface area contributed by atoms with Crippen molar-refractivity contribution >= 4 is 0 Å². The molecule has 30 heavy (non-hydrogen) atoms. The Balaban J connectivity index is 1.47. The van der Waals surface area contributed by atoms with Gasteiger partial charge in [0.05, 0.1) is 12.2 Å². The number of nitrogens with two attached hydrogens (primary N) is 1. The summed E-state index contributed by atoms with van der Waals surface area (Å²) < 4.78 is 0. The molecular formula is C27H49NO2. The Morgan fingerprint density at radius 1 is 0.900 bits per heavy atom. The number of rotatable bonds is 6. The smallest absolute Gasteiger partial charge is 0.0579 e. The average molecular weight is 420 g/mol. The predicted octanol–water partition coefficient (Wildman–Crippen LogP) is 5.38.